The first-order chi connectivity index (χ1) is 3.77. The summed E-state index contributed by atoms with van der Waals surface area (Å²) < 4.78 is 0. The highest BCUT2D eigenvalue weighted by Gasteiger charge is 1.90. The van der Waals surface area contributed by atoms with Crippen LogP contribution in [0.25, 0.3) is 0 Å². The molecule has 1 amide bonds. The van der Waals surface area contributed by atoms with Gasteiger partial charge in [-0.3, -0.25) is 4.79 Å². The standard InChI is InChI=1S/C5H8N2O.H3N/c6-4-2-1-3-5(7)8;/h1-3H2,(H2,7,8);1H3. The Morgan fingerprint density at radius 3 is 2.56 bits per heavy atom. The Hall–Kier alpha value is -1.08. The Morgan fingerprint density at radius 1 is 1.67 bits per heavy atom. The van der Waals surface area contributed by atoms with Crippen LogP contribution in [-0.4, -0.2) is 5.91 Å². The van der Waals surface area contributed by atoms with Crippen molar-refractivity contribution in [3.05, 3.63) is 0 Å². The normalized spacial score (nSPS) is 7.00. The maximum Gasteiger partial charge on any atom is 0.217 e. The number of primary amides is 1. The van der Waals surface area contributed by atoms with E-state index in [1.807, 2.05) is 6.07 Å². The average molecular weight is 129 g/mol. The van der Waals surface area contributed by atoms with Crippen molar-refractivity contribution in [2.75, 3.05) is 0 Å². The number of unbranched alkanes of at least 4 members (excludes halogenated alkanes) is 1. The lowest BCUT2D eigenvalue weighted by Gasteiger charge is -1.85. The third-order valence-corrected chi connectivity index (χ3v) is 0.712. The minimum absolute atomic E-state index is 0. The van der Waals surface area contributed by atoms with E-state index in [2.05, 4.69) is 0 Å². The van der Waals surface area contributed by atoms with Gasteiger partial charge in [-0.25, -0.2) is 0 Å². The molecule has 0 aromatic rings. The third kappa shape index (κ3) is 10.9. The number of carbonyl (C=O) groups excluding carboxylic acids is 1. The van der Waals surface area contributed by atoms with Crippen molar-refractivity contribution in [3.63, 3.8) is 0 Å². The van der Waals surface area contributed by atoms with Crippen LogP contribution in [0.2, 0.25) is 0 Å². The first-order valence-electron chi connectivity index (χ1n) is 2.42. The minimum Gasteiger partial charge on any atom is -0.370 e. The number of amides is 1. The second-order valence-corrected chi connectivity index (χ2v) is 1.48. The van der Waals surface area contributed by atoms with Crippen molar-refractivity contribution in [2.45, 2.75) is 19.3 Å². The molecule has 5 N–H and O–H groups in total. The summed E-state index contributed by atoms with van der Waals surface area (Å²) in [6, 6.07) is 1.92. The summed E-state index contributed by atoms with van der Waals surface area (Å²) in [5.41, 5.74) is 4.78. The molecular formula is C5H11N3O. The smallest absolute Gasteiger partial charge is 0.217 e. The van der Waals surface area contributed by atoms with Crippen LogP contribution >= 0.6 is 0 Å². The molecular weight excluding hydrogens is 118 g/mol. The van der Waals surface area contributed by atoms with Crippen LogP contribution in [0.4, 0.5) is 0 Å². The largest absolute Gasteiger partial charge is 0.370 e. The Morgan fingerprint density at radius 2 is 2.22 bits per heavy atom. The molecule has 0 aliphatic heterocycles. The topological polar surface area (TPSA) is 102 Å². The summed E-state index contributed by atoms with van der Waals surface area (Å²) in [5.74, 6) is -0.333. The molecule has 9 heavy (non-hydrogen) atoms. The van der Waals surface area contributed by atoms with E-state index in [1.54, 1.807) is 0 Å². The van der Waals surface area contributed by atoms with E-state index in [1.165, 1.54) is 0 Å². The molecule has 0 aromatic heterocycles. The lowest BCUT2D eigenvalue weighted by Crippen LogP contribution is -2.09. The van der Waals surface area contributed by atoms with Gasteiger partial charge in [0.15, 0.2) is 0 Å². The molecule has 0 radical (unpaired) electrons. The summed E-state index contributed by atoms with van der Waals surface area (Å²) in [7, 11) is 0. The molecule has 0 aliphatic carbocycles. The Kier molecular flexibility index (Phi) is 8.32. The summed E-state index contributed by atoms with van der Waals surface area (Å²) in [4.78, 5) is 9.99. The van der Waals surface area contributed by atoms with Crippen LogP contribution in [0, 0.1) is 11.3 Å². The fraction of sp³-hybridized carbons (Fsp3) is 0.600. The summed E-state index contributed by atoms with van der Waals surface area (Å²) in [6.07, 6.45) is 1.34. The highest BCUT2D eigenvalue weighted by Crippen LogP contribution is 1.90. The predicted octanol–water partition coefficient (Wildman–Crippen LogP) is 0.328. The van der Waals surface area contributed by atoms with Gasteiger partial charge < -0.3 is 11.9 Å². The number of hydrogen-bond acceptors (Lipinski definition) is 3. The number of nitriles is 1. The van der Waals surface area contributed by atoms with Gasteiger partial charge in [0.05, 0.1) is 6.07 Å². The monoisotopic (exact) mass is 129 g/mol. The zero-order valence-corrected chi connectivity index (χ0v) is 5.26. The van der Waals surface area contributed by atoms with Gasteiger partial charge in [-0.2, -0.15) is 5.26 Å². The van der Waals surface area contributed by atoms with E-state index in [0.29, 0.717) is 19.3 Å². The minimum atomic E-state index is -0.333. The average Bonchev–Trinajstić information content (AvgIpc) is 1.66. The number of nitrogens with two attached hydrogens (primary N) is 1. The van der Waals surface area contributed by atoms with E-state index < -0.39 is 0 Å². The molecule has 0 spiro atoms. The third-order valence-electron chi connectivity index (χ3n) is 0.712. The Bertz CT molecular complexity index is 116. The van der Waals surface area contributed by atoms with Gasteiger partial charge in [0.25, 0.3) is 0 Å². The highest BCUT2D eigenvalue weighted by molar-refractivity contribution is 5.73. The molecule has 0 saturated carbocycles. The second kappa shape index (κ2) is 6.92. The number of nitrogens with zero attached hydrogens (tertiary/aromatic N) is 1. The summed E-state index contributed by atoms with van der Waals surface area (Å²) in [5, 5.41) is 7.98. The maximum atomic E-state index is 9.99. The number of rotatable bonds is 3. The van der Waals surface area contributed by atoms with Crippen molar-refractivity contribution < 1.29 is 4.79 Å². The molecule has 0 aromatic carbocycles. The fourth-order valence-corrected chi connectivity index (χ4v) is 0.342. The van der Waals surface area contributed by atoms with E-state index in [-0.39, 0.29) is 12.1 Å². The van der Waals surface area contributed by atoms with Gasteiger partial charge in [-0.15, -0.1) is 0 Å². The van der Waals surface area contributed by atoms with Crippen molar-refractivity contribution in [3.8, 4) is 6.07 Å². The van der Waals surface area contributed by atoms with Crippen LogP contribution in [0.5, 0.6) is 0 Å². The van der Waals surface area contributed by atoms with E-state index in [0.717, 1.165) is 0 Å². The number of carbonyl (C=O) groups is 1. The van der Waals surface area contributed by atoms with Gasteiger partial charge in [0, 0.05) is 12.8 Å². The molecule has 0 rings (SSSR count). The molecule has 0 heterocycles. The number of hydrogen-bond donors (Lipinski definition) is 2. The zero-order valence-electron chi connectivity index (χ0n) is 5.26. The first kappa shape index (κ1) is 10.8. The molecule has 0 atom stereocenters. The molecule has 0 unspecified atom stereocenters. The van der Waals surface area contributed by atoms with E-state index >= 15 is 0 Å². The SMILES string of the molecule is N.N#CCCCC(N)=O. The molecule has 4 nitrogen and oxygen atoms in total. The summed E-state index contributed by atoms with van der Waals surface area (Å²) >= 11 is 0. The Labute approximate surface area is 54.2 Å². The van der Waals surface area contributed by atoms with Crippen LogP contribution in [0.1, 0.15) is 19.3 Å². The zero-order chi connectivity index (χ0) is 6.41. The van der Waals surface area contributed by atoms with Crippen molar-refractivity contribution in [2.24, 2.45) is 5.73 Å². The fourth-order valence-electron chi connectivity index (χ4n) is 0.342. The molecule has 0 saturated heterocycles. The van der Waals surface area contributed by atoms with E-state index in [4.69, 9.17) is 11.0 Å². The van der Waals surface area contributed by atoms with Gasteiger partial charge >= 0.3 is 0 Å². The predicted molar refractivity (Wildman–Crippen MR) is 33.7 cm³/mol. The molecule has 0 aliphatic rings. The summed E-state index contributed by atoms with van der Waals surface area (Å²) in [6.45, 7) is 0. The quantitative estimate of drug-likeness (QED) is 0.536. The van der Waals surface area contributed by atoms with Crippen LogP contribution < -0.4 is 11.9 Å². The van der Waals surface area contributed by atoms with Crippen molar-refractivity contribution >= 4 is 5.91 Å². The van der Waals surface area contributed by atoms with E-state index in [9.17, 15) is 4.79 Å². The van der Waals surface area contributed by atoms with Crippen molar-refractivity contribution in [1.29, 1.82) is 5.26 Å². The van der Waals surface area contributed by atoms with Crippen LogP contribution in [0.15, 0.2) is 0 Å². The van der Waals surface area contributed by atoms with Crippen molar-refractivity contribution in [1.82, 2.24) is 6.15 Å². The van der Waals surface area contributed by atoms with Gasteiger partial charge in [-0.1, -0.05) is 0 Å². The van der Waals surface area contributed by atoms with Gasteiger partial charge in [-0.05, 0) is 6.42 Å². The van der Waals surface area contributed by atoms with Gasteiger partial charge in [0.1, 0.15) is 0 Å². The molecule has 0 fully saturated rings. The van der Waals surface area contributed by atoms with Crippen LogP contribution in [-0.2, 0) is 4.79 Å². The molecule has 52 valence electrons. The Balaban J connectivity index is 0. The maximum absolute atomic E-state index is 9.99. The van der Waals surface area contributed by atoms with Crippen LogP contribution in [0.3, 0.4) is 0 Å². The lowest BCUT2D eigenvalue weighted by molar-refractivity contribution is -0.118. The second-order valence-electron chi connectivity index (χ2n) is 1.48. The molecule has 0 bridgehead atoms. The highest BCUT2D eigenvalue weighted by atomic mass is 16.1. The lowest BCUT2D eigenvalue weighted by atomic mass is 10.2. The molecule has 4 heteroatoms. The van der Waals surface area contributed by atoms with Gasteiger partial charge in [0.2, 0.25) is 5.91 Å². The first-order valence-corrected chi connectivity index (χ1v) is 2.42.